The zero-order valence-electron chi connectivity index (χ0n) is 18.4. The molecular formula is C27H24N2O5. The number of fused-ring (bicyclic) bond motifs is 2. The van der Waals surface area contributed by atoms with Crippen LogP contribution in [0, 0.1) is 0 Å². The van der Waals surface area contributed by atoms with Gasteiger partial charge in [0, 0.05) is 12.2 Å². The molecule has 0 aliphatic carbocycles. The molecule has 2 unspecified atom stereocenters. The highest BCUT2D eigenvalue weighted by Gasteiger charge is 2.56. The number of rotatable bonds is 5. The van der Waals surface area contributed by atoms with Crippen molar-refractivity contribution in [3.63, 3.8) is 0 Å². The fraction of sp³-hybridized carbons (Fsp3) is 0.222. The van der Waals surface area contributed by atoms with Gasteiger partial charge in [-0.1, -0.05) is 60.7 Å². The minimum Gasteiger partial charge on any atom is -0.480 e. The number of aliphatic carboxylic acids is 2. The zero-order valence-corrected chi connectivity index (χ0v) is 18.4. The number of carbonyl (C=O) groups is 3. The van der Waals surface area contributed by atoms with Crippen LogP contribution >= 0.6 is 0 Å². The summed E-state index contributed by atoms with van der Waals surface area (Å²) in [4.78, 5) is 40.4. The highest BCUT2D eigenvalue weighted by atomic mass is 16.4. The Hall–Kier alpha value is -3.97. The largest absolute Gasteiger partial charge is 0.480 e. The number of piperidine rings is 1. The molecule has 0 bridgehead atoms. The third-order valence-corrected chi connectivity index (χ3v) is 6.94. The molecule has 2 aliphatic rings. The zero-order chi connectivity index (χ0) is 23.9. The van der Waals surface area contributed by atoms with Crippen LogP contribution in [0.5, 0.6) is 0 Å². The number of carboxylic acids is 2. The number of benzene rings is 3. The lowest BCUT2D eigenvalue weighted by atomic mass is 9.71. The Labute approximate surface area is 196 Å². The highest BCUT2D eigenvalue weighted by molar-refractivity contribution is 6.13. The number of nitrogens with zero attached hydrogens (tertiary/aromatic N) is 2. The van der Waals surface area contributed by atoms with Gasteiger partial charge in [0.05, 0.1) is 17.6 Å². The lowest BCUT2D eigenvalue weighted by Gasteiger charge is -2.41. The number of hydrogen-bond donors (Lipinski definition) is 2. The Bertz CT molecular complexity index is 1260. The van der Waals surface area contributed by atoms with Crippen LogP contribution in [0.4, 0.5) is 11.4 Å². The first-order valence-corrected chi connectivity index (χ1v) is 11.2. The van der Waals surface area contributed by atoms with Gasteiger partial charge in [0.25, 0.3) is 0 Å². The standard InChI is InChI=1S/C27H24N2O5/c30-24(31)17-28-15-14-27(16-23(28)25(32)33)21-8-4-5-9-22(21)29(26(27)34)20-12-10-19(11-13-20)18-6-2-1-3-7-18/h1-13,23H,14-17H2,(H,30,31)(H,32,33). The number of carbonyl (C=O) groups excluding carboxylic acids is 1. The van der Waals surface area contributed by atoms with Crippen molar-refractivity contribution in [3.05, 3.63) is 84.4 Å². The van der Waals surface area contributed by atoms with Crippen LogP contribution in [0.1, 0.15) is 18.4 Å². The average Bonchev–Trinajstić information content (AvgIpc) is 3.08. The molecule has 172 valence electrons. The molecule has 1 amide bonds. The van der Waals surface area contributed by atoms with Crippen LogP contribution < -0.4 is 4.90 Å². The van der Waals surface area contributed by atoms with E-state index in [1.165, 1.54) is 4.90 Å². The summed E-state index contributed by atoms with van der Waals surface area (Å²) in [6.07, 6.45) is 0.391. The molecule has 0 saturated carbocycles. The summed E-state index contributed by atoms with van der Waals surface area (Å²) in [6, 6.07) is 24.2. The van der Waals surface area contributed by atoms with Gasteiger partial charge in [-0.25, -0.2) is 0 Å². The first kappa shape index (κ1) is 21.9. The number of likely N-dealkylation sites (tertiary alicyclic amines) is 1. The molecular weight excluding hydrogens is 432 g/mol. The van der Waals surface area contributed by atoms with Crippen molar-refractivity contribution in [1.82, 2.24) is 4.90 Å². The van der Waals surface area contributed by atoms with Crippen molar-refractivity contribution in [2.24, 2.45) is 0 Å². The number of anilines is 2. The lowest BCUT2D eigenvalue weighted by molar-refractivity contribution is -0.149. The first-order valence-electron chi connectivity index (χ1n) is 11.2. The SMILES string of the molecule is O=C(O)CN1CCC2(CC1C(=O)O)C(=O)N(c1ccc(-c3ccccc3)cc1)c1ccccc12. The first-order chi connectivity index (χ1) is 16.4. The van der Waals surface area contributed by atoms with Crippen LogP contribution in [0.3, 0.4) is 0 Å². The minimum absolute atomic E-state index is 0.0318. The second-order valence-electron chi connectivity index (χ2n) is 8.83. The van der Waals surface area contributed by atoms with E-state index in [0.29, 0.717) is 12.1 Å². The fourth-order valence-electron chi connectivity index (χ4n) is 5.30. The maximum Gasteiger partial charge on any atom is 0.320 e. The Kier molecular flexibility index (Phi) is 5.42. The van der Waals surface area contributed by atoms with Gasteiger partial charge in [0.1, 0.15) is 6.04 Å². The van der Waals surface area contributed by atoms with E-state index in [4.69, 9.17) is 0 Å². The molecule has 1 fully saturated rings. The van der Waals surface area contributed by atoms with Crippen molar-refractivity contribution in [2.45, 2.75) is 24.3 Å². The molecule has 2 atom stereocenters. The van der Waals surface area contributed by atoms with E-state index in [2.05, 4.69) is 0 Å². The van der Waals surface area contributed by atoms with Crippen molar-refractivity contribution in [2.75, 3.05) is 18.0 Å². The Morgan fingerprint density at radius 2 is 1.53 bits per heavy atom. The average molecular weight is 456 g/mol. The number of hydrogen-bond acceptors (Lipinski definition) is 4. The smallest absolute Gasteiger partial charge is 0.320 e. The molecule has 3 aromatic carbocycles. The highest BCUT2D eigenvalue weighted by Crippen LogP contribution is 2.51. The summed E-state index contributed by atoms with van der Waals surface area (Å²) < 4.78 is 0. The van der Waals surface area contributed by atoms with E-state index < -0.39 is 23.4 Å². The Morgan fingerprint density at radius 3 is 2.21 bits per heavy atom. The molecule has 5 rings (SSSR count). The van der Waals surface area contributed by atoms with Crippen molar-refractivity contribution in [1.29, 1.82) is 0 Å². The molecule has 2 N–H and O–H groups in total. The number of amides is 1. The van der Waals surface area contributed by atoms with Crippen LogP contribution in [0.25, 0.3) is 11.1 Å². The molecule has 1 spiro atoms. The maximum atomic E-state index is 14.0. The molecule has 2 heterocycles. The number of carboxylic acid groups (broad SMARTS) is 2. The second kappa shape index (κ2) is 8.43. The Morgan fingerprint density at radius 1 is 0.882 bits per heavy atom. The predicted octanol–water partition coefficient (Wildman–Crippen LogP) is 3.90. The quantitative estimate of drug-likeness (QED) is 0.604. The molecule has 7 nitrogen and oxygen atoms in total. The van der Waals surface area contributed by atoms with E-state index in [9.17, 15) is 24.6 Å². The monoisotopic (exact) mass is 456 g/mol. The van der Waals surface area contributed by atoms with Gasteiger partial charge in [0.2, 0.25) is 5.91 Å². The summed E-state index contributed by atoms with van der Waals surface area (Å²) in [5.41, 5.74) is 3.37. The van der Waals surface area contributed by atoms with Gasteiger partial charge in [-0.3, -0.25) is 24.2 Å². The van der Waals surface area contributed by atoms with Gasteiger partial charge < -0.3 is 10.2 Å². The van der Waals surface area contributed by atoms with Gasteiger partial charge in [-0.15, -0.1) is 0 Å². The van der Waals surface area contributed by atoms with Crippen LogP contribution in [0.15, 0.2) is 78.9 Å². The van der Waals surface area contributed by atoms with Crippen LogP contribution in [0.2, 0.25) is 0 Å². The third-order valence-electron chi connectivity index (χ3n) is 6.94. The third kappa shape index (κ3) is 3.54. The molecule has 3 aromatic rings. The van der Waals surface area contributed by atoms with Gasteiger partial charge >= 0.3 is 11.9 Å². The van der Waals surface area contributed by atoms with E-state index in [0.717, 1.165) is 22.4 Å². The van der Waals surface area contributed by atoms with E-state index >= 15 is 0 Å². The molecule has 0 aromatic heterocycles. The van der Waals surface area contributed by atoms with E-state index in [-0.39, 0.29) is 25.4 Å². The topological polar surface area (TPSA) is 98.1 Å². The van der Waals surface area contributed by atoms with E-state index in [1.807, 2.05) is 78.9 Å². The molecule has 1 saturated heterocycles. The fourth-order valence-corrected chi connectivity index (χ4v) is 5.30. The summed E-state index contributed by atoms with van der Waals surface area (Å²) in [5, 5.41) is 19.1. The van der Waals surface area contributed by atoms with Crippen molar-refractivity contribution >= 4 is 29.2 Å². The van der Waals surface area contributed by atoms with Gasteiger partial charge in [-0.2, -0.15) is 0 Å². The summed E-state index contributed by atoms with van der Waals surface area (Å²) in [6.45, 7) is -0.155. The minimum atomic E-state index is -1.11. The molecule has 34 heavy (non-hydrogen) atoms. The Balaban J connectivity index is 1.52. The summed E-state index contributed by atoms with van der Waals surface area (Å²) >= 11 is 0. The van der Waals surface area contributed by atoms with Crippen LogP contribution in [-0.2, 0) is 19.8 Å². The van der Waals surface area contributed by atoms with Crippen LogP contribution in [-0.4, -0.2) is 52.1 Å². The number of para-hydroxylation sites is 1. The van der Waals surface area contributed by atoms with Gasteiger partial charge in [-0.05, 0) is 47.7 Å². The van der Waals surface area contributed by atoms with Gasteiger partial charge in [0.15, 0.2) is 0 Å². The summed E-state index contributed by atoms with van der Waals surface area (Å²) in [7, 11) is 0. The second-order valence-corrected chi connectivity index (χ2v) is 8.83. The summed E-state index contributed by atoms with van der Waals surface area (Å²) in [5.74, 6) is -2.36. The normalized spacial score (nSPS) is 22.1. The van der Waals surface area contributed by atoms with E-state index in [1.54, 1.807) is 4.90 Å². The molecule has 0 radical (unpaired) electrons. The molecule has 7 heteroatoms. The van der Waals surface area contributed by atoms with Crippen molar-refractivity contribution < 1.29 is 24.6 Å². The van der Waals surface area contributed by atoms with Crippen molar-refractivity contribution in [3.8, 4) is 11.1 Å². The maximum absolute atomic E-state index is 14.0. The lowest BCUT2D eigenvalue weighted by Crippen LogP contribution is -2.56. The predicted molar refractivity (Wildman–Crippen MR) is 127 cm³/mol. The molecule has 2 aliphatic heterocycles.